The minimum absolute atomic E-state index is 0.134. The van der Waals surface area contributed by atoms with Gasteiger partial charge in [0.2, 0.25) is 6.79 Å². The number of fused-ring (bicyclic) bond motifs is 1. The summed E-state index contributed by atoms with van der Waals surface area (Å²) >= 11 is 1.47. The van der Waals surface area contributed by atoms with Crippen LogP contribution in [-0.2, 0) is 15.2 Å². The smallest absolute Gasteiger partial charge is 0.313 e. The Morgan fingerprint density at radius 3 is 2.67 bits per heavy atom. The van der Waals surface area contributed by atoms with Crippen LogP contribution in [0.15, 0.2) is 47.4 Å². The summed E-state index contributed by atoms with van der Waals surface area (Å²) in [6.07, 6.45) is 1.88. The number of hydrogen-bond donors (Lipinski definition) is 3. The Bertz CT molecular complexity index is 869. The van der Waals surface area contributed by atoms with Gasteiger partial charge in [-0.1, -0.05) is 18.2 Å². The quantitative estimate of drug-likeness (QED) is 0.536. The van der Waals surface area contributed by atoms with Crippen molar-refractivity contribution in [1.82, 2.24) is 5.32 Å². The molecule has 0 saturated carbocycles. The molecule has 8 heteroatoms. The van der Waals surface area contributed by atoms with Crippen LogP contribution in [0.25, 0.3) is 0 Å². The van der Waals surface area contributed by atoms with Crippen LogP contribution in [-0.4, -0.2) is 36.5 Å². The number of carbonyl (C=O) groups is 2. The van der Waals surface area contributed by atoms with E-state index in [-0.39, 0.29) is 13.3 Å². The Kier molecular flexibility index (Phi) is 5.57. The maximum atomic E-state index is 12.1. The number of ether oxygens (including phenoxy) is 2. The molecule has 1 aliphatic heterocycles. The van der Waals surface area contributed by atoms with E-state index in [0.29, 0.717) is 22.7 Å². The summed E-state index contributed by atoms with van der Waals surface area (Å²) in [5.74, 6) is -0.485. The average molecular weight is 388 g/mol. The summed E-state index contributed by atoms with van der Waals surface area (Å²) in [6, 6.07) is 12.2. The van der Waals surface area contributed by atoms with Gasteiger partial charge in [-0.15, -0.1) is 11.8 Å². The van der Waals surface area contributed by atoms with E-state index in [4.69, 9.17) is 9.47 Å². The molecule has 142 valence electrons. The number of carbonyl (C=O) groups excluding carboxylic acids is 2. The highest BCUT2D eigenvalue weighted by Gasteiger charge is 2.28. The van der Waals surface area contributed by atoms with Gasteiger partial charge in [-0.3, -0.25) is 9.59 Å². The first-order valence-electron chi connectivity index (χ1n) is 8.25. The molecular weight excluding hydrogens is 368 g/mol. The van der Waals surface area contributed by atoms with Crippen LogP contribution >= 0.6 is 11.8 Å². The molecule has 2 aromatic carbocycles. The molecule has 2 aromatic rings. The second-order valence-corrected chi connectivity index (χ2v) is 7.03. The van der Waals surface area contributed by atoms with E-state index >= 15 is 0 Å². The third kappa shape index (κ3) is 4.35. The van der Waals surface area contributed by atoms with E-state index < -0.39 is 17.4 Å². The van der Waals surface area contributed by atoms with Crippen LogP contribution in [0.4, 0.5) is 5.69 Å². The minimum Gasteiger partial charge on any atom is -0.454 e. The molecule has 0 saturated heterocycles. The maximum Gasteiger partial charge on any atom is 0.313 e. The fourth-order valence-corrected chi connectivity index (χ4v) is 3.15. The van der Waals surface area contributed by atoms with E-state index in [2.05, 4.69) is 10.6 Å². The molecule has 0 aliphatic carbocycles. The van der Waals surface area contributed by atoms with E-state index in [1.807, 2.05) is 18.4 Å². The SMILES string of the molecule is CSc1ccccc1NC(=O)C(=O)NCC(C)(O)c1ccc2c(c1)OCO2. The molecule has 0 aromatic heterocycles. The first kappa shape index (κ1) is 19.1. The zero-order valence-electron chi connectivity index (χ0n) is 14.9. The normalized spacial score (nSPS) is 14.3. The molecule has 3 N–H and O–H groups in total. The Hall–Kier alpha value is -2.71. The van der Waals surface area contributed by atoms with Crippen molar-refractivity contribution in [3.8, 4) is 11.5 Å². The lowest BCUT2D eigenvalue weighted by Gasteiger charge is -2.24. The second kappa shape index (κ2) is 7.89. The number of para-hydroxylation sites is 1. The van der Waals surface area contributed by atoms with Crippen LogP contribution in [0.3, 0.4) is 0 Å². The van der Waals surface area contributed by atoms with Crippen LogP contribution in [0.2, 0.25) is 0 Å². The van der Waals surface area contributed by atoms with Gasteiger partial charge in [-0.25, -0.2) is 0 Å². The Balaban J connectivity index is 1.61. The first-order valence-corrected chi connectivity index (χ1v) is 9.48. The van der Waals surface area contributed by atoms with Gasteiger partial charge in [-0.05, 0) is 43.0 Å². The van der Waals surface area contributed by atoms with E-state index in [0.717, 1.165) is 4.90 Å². The fraction of sp³-hybridized carbons (Fsp3) is 0.263. The predicted molar refractivity (Wildman–Crippen MR) is 102 cm³/mol. The highest BCUT2D eigenvalue weighted by molar-refractivity contribution is 7.98. The van der Waals surface area contributed by atoms with Crippen LogP contribution in [0.5, 0.6) is 11.5 Å². The van der Waals surface area contributed by atoms with Gasteiger partial charge in [0.05, 0.1) is 12.2 Å². The summed E-state index contributed by atoms with van der Waals surface area (Å²) in [5.41, 5.74) is -0.276. The molecule has 7 nitrogen and oxygen atoms in total. The number of rotatable bonds is 5. The van der Waals surface area contributed by atoms with E-state index in [1.165, 1.54) is 11.8 Å². The first-order chi connectivity index (χ1) is 12.9. The van der Waals surface area contributed by atoms with Crippen molar-refractivity contribution in [2.75, 3.05) is 24.9 Å². The molecule has 0 fully saturated rings. The van der Waals surface area contributed by atoms with Crippen molar-refractivity contribution in [2.45, 2.75) is 17.4 Å². The molecule has 3 rings (SSSR count). The molecule has 2 amide bonds. The summed E-state index contributed by atoms with van der Waals surface area (Å²) < 4.78 is 10.5. The van der Waals surface area contributed by atoms with Crippen molar-refractivity contribution in [3.63, 3.8) is 0 Å². The molecule has 27 heavy (non-hydrogen) atoms. The highest BCUT2D eigenvalue weighted by Crippen LogP contribution is 2.35. The van der Waals surface area contributed by atoms with Gasteiger partial charge in [0.15, 0.2) is 11.5 Å². The number of amides is 2. The largest absolute Gasteiger partial charge is 0.454 e. The van der Waals surface area contributed by atoms with E-state index in [1.54, 1.807) is 37.3 Å². The van der Waals surface area contributed by atoms with E-state index in [9.17, 15) is 14.7 Å². The van der Waals surface area contributed by atoms with Crippen LogP contribution < -0.4 is 20.1 Å². The lowest BCUT2D eigenvalue weighted by Crippen LogP contribution is -2.43. The molecular formula is C19H20N2O5S. The highest BCUT2D eigenvalue weighted by atomic mass is 32.2. The molecule has 1 aliphatic rings. The van der Waals surface area contributed by atoms with Gasteiger partial charge in [0.25, 0.3) is 0 Å². The minimum atomic E-state index is -1.38. The lowest BCUT2D eigenvalue weighted by atomic mass is 9.95. The topological polar surface area (TPSA) is 96.9 Å². The summed E-state index contributed by atoms with van der Waals surface area (Å²) in [4.78, 5) is 25.1. The van der Waals surface area contributed by atoms with Crippen molar-refractivity contribution >= 4 is 29.3 Å². The standard InChI is InChI=1S/C19H20N2O5S/c1-19(24,12-7-8-14-15(9-12)26-11-25-14)10-20-17(22)18(23)21-13-5-3-4-6-16(13)27-2/h3-9,24H,10-11H2,1-2H3,(H,20,22)(H,21,23). The van der Waals surface area contributed by atoms with Gasteiger partial charge >= 0.3 is 11.8 Å². The van der Waals surface area contributed by atoms with Crippen LogP contribution in [0.1, 0.15) is 12.5 Å². The number of thioether (sulfide) groups is 1. The van der Waals surface area contributed by atoms with Gasteiger partial charge < -0.3 is 25.2 Å². The Morgan fingerprint density at radius 1 is 1.15 bits per heavy atom. The van der Waals surface area contributed by atoms with Gasteiger partial charge in [-0.2, -0.15) is 0 Å². The lowest BCUT2D eigenvalue weighted by molar-refractivity contribution is -0.136. The number of hydrogen-bond acceptors (Lipinski definition) is 6. The predicted octanol–water partition coefficient (Wildman–Crippen LogP) is 2.10. The number of anilines is 1. The van der Waals surface area contributed by atoms with Crippen molar-refractivity contribution in [2.24, 2.45) is 0 Å². The Morgan fingerprint density at radius 2 is 1.89 bits per heavy atom. The summed E-state index contributed by atoms with van der Waals surface area (Å²) in [6.45, 7) is 1.55. The number of nitrogens with one attached hydrogen (secondary N) is 2. The molecule has 0 radical (unpaired) electrons. The Labute approximate surface area is 161 Å². The van der Waals surface area contributed by atoms with Gasteiger partial charge in [0, 0.05) is 4.90 Å². The third-order valence-corrected chi connectivity index (χ3v) is 4.94. The third-order valence-electron chi connectivity index (χ3n) is 4.15. The molecule has 0 spiro atoms. The number of aliphatic hydroxyl groups is 1. The summed E-state index contributed by atoms with van der Waals surface area (Å²) in [5, 5.41) is 15.7. The molecule has 1 unspecified atom stereocenters. The zero-order chi connectivity index (χ0) is 19.4. The average Bonchev–Trinajstić information content (AvgIpc) is 3.14. The number of benzene rings is 2. The van der Waals surface area contributed by atoms with Crippen LogP contribution in [0, 0.1) is 0 Å². The fourth-order valence-electron chi connectivity index (χ4n) is 2.59. The molecule has 1 atom stereocenters. The monoisotopic (exact) mass is 388 g/mol. The van der Waals surface area contributed by atoms with Crippen molar-refractivity contribution in [3.05, 3.63) is 48.0 Å². The summed E-state index contributed by atoms with van der Waals surface area (Å²) in [7, 11) is 0. The zero-order valence-corrected chi connectivity index (χ0v) is 15.8. The van der Waals surface area contributed by atoms with Crippen molar-refractivity contribution in [1.29, 1.82) is 0 Å². The van der Waals surface area contributed by atoms with Crippen molar-refractivity contribution < 1.29 is 24.2 Å². The molecule has 0 bridgehead atoms. The molecule has 1 heterocycles. The second-order valence-electron chi connectivity index (χ2n) is 6.18. The van der Waals surface area contributed by atoms with Gasteiger partial charge in [0.1, 0.15) is 5.60 Å². The maximum absolute atomic E-state index is 12.1.